The van der Waals surface area contributed by atoms with Crippen molar-refractivity contribution >= 4 is 10.9 Å². The van der Waals surface area contributed by atoms with Crippen molar-refractivity contribution in [1.29, 1.82) is 5.26 Å². The Morgan fingerprint density at radius 1 is 1.14 bits per heavy atom. The van der Waals surface area contributed by atoms with Crippen LogP contribution in [0.4, 0.5) is 0 Å². The lowest BCUT2D eigenvalue weighted by atomic mass is 9.83. The molecule has 0 saturated carbocycles. The molecule has 3 aromatic rings. The molecule has 0 fully saturated rings. The topological polar surface area (TPSA) is 110 Å². The molecule has 2 heterocycles. The number of methoxy groups -OCH3 is 2. The zero-order valence-corrected chi connectivity index (χ0v) is 15.3. The number of hydrogen-bond donors (Lipinski definition) is 2. The van der Waals surface area contributed by atoms with Crippen molar-refractivity contribution in [3.05, 3.63) is 75.4 Å². The zero-order chi connectivity index (χ0) is 19.8. The molecule has 7 nitrogen and oxygen atoms in total. The molecule has 1 aromatic heterocycles. The Hall–Kier alpha value is -3.92. The quantitative estimate of drug-likeness (QED) is 0.728. The highest BCUT2D eigenvalue weighted by molar-refractivity contribution is 5.87. The maximum atomic E-state index is 13.0. The highest BCUT2D eigenvalue weighted by Crippen LogP contribution is 2.47. The molecule has 0 radical (unpaired) electrons. The second-order valence-electron chi connectivity index (χ2n) is 6.25. The van der Waals surface area contributed by atoms with Crippen LogP contribution in [0.1, 0.15) is 17.0 Å². The predicted octanol–water partition coefficient (Wildman–Crippen LogP) is 2.76. The van der Waals surface area contributed by atoms with Crippen molar-refractivity contribution in [1.82, 2.24) is 4.98 Å². The predicted molar refractivity (Wildman–Crippen MR) is 103 cm³/mol. The number of aromatic nitrogens is 1. The SMILES string of the molecule is COc1cccc([C@@H]2C(C#N)=C(N)Oc3c2c(=O)[nH]c2ccccc32)c1OC. The van der Waals surface area contributed by atoms with Crippen molar-refractivity contribution in [2.75, 3.05) is 14.2 Å². The number of aromatic amines is 1. The van der Waals surface area contributed by atoms with Gasteiger partial charge in [0.05, 0.1) is 31.2 Å². The Labute approximate surface area is 160 Å². The van der Waals surface area contributed by atoms with Crippen LogP contribution < -0.4 is 25.5 Å². The van der Waals surface area contributed by atoms with Crippen LogP contribution in [0.15, 0.2) is 58.7 Å². The molecule has 1 atom stereocenters. The molecular weight excluding hydrogens is 358 g/mol. The van der Waals surface area contributed by atoms with Crippen LogP contribution in [-0.2, 0) is 0 Å². The summed E-state index contributed by atoms with van der Waals surface area (Å²) in [6, 6.07) is 14.6. The Bertz CT molecular complexity index is 1220. The van der Waals surface area contributed by atoms with Gasteiger partial charge in [-0.25, -0.2) is 0 Å². The summed E-state index contributed by atoms with van der Waals surface area (Å²) in [6.45, 7) is 0. The lowest BCUT2D eigenvalue weighted by molar-refractivity contribution is 0.349. The van der Waals surface area contributed by atoms with E-state index in [-0.39, 0.29) is 17.0 Å². The number of nitrogens with two attached hydrogens (primary N) is 1. The molecule has 4 rings (SSSR count). The molecule has 1 aliphatic heterocycles. The van der Waals surface area contributed by atoms with E-state index in [0.717, 1.165) is 0 Å². The molecular formula is C21H17N3O4. The minimum Gasteiger partial charge on any atom is -0.493 e. The van der Waals surface area contributed by atoms with Crippen molar-refractivity contribution in [3.63, 3.8) is 0 Å². The molecule has 3 N–H and O–H groups in total. The highest BCUT2D eigenvalue weighted by Gasteiger charge is 2.36. The molecule has 28 heavy (non-hydrogen) atoms. The van der Waals surface area contributed by atoms with E-state index in [0.29, 0.717) is 39.3 Å². The first kappa shape index (κ1) is 17.5. The summed E-state index contributed by atoms with van der Waals surface area (Å²) in [5, 5.41) is 10.5. The number of benzene rings is 2. The minimum absolute atomic E-state index is 0.0411. The number of ether oxygens (including phenoxy) is 3. The number of rotatable bonds is 3. The third-order valence-electron chi connectivity index (χ3n) is 4.83. The lowest BCUT2D eigenvalue weighted by Crippen LogP contribution is -2.28. The van der Waals surface area contributed by atoms with Crippen molar-refractivity contribution in [2.45, 2.75) is 5.92 Å². The number of nitrogens with zero attached hydrogens (tertiary/aromatic N) is 1. The van der Waals surface area contributed by atoms with Crippen LogP contribution >= 0.6 is 0 Å². The average Bonchev–Trinajstić information content (AvgIpc) is 2.72. The van der Waals surface area contributed by atoms with E-state index in [1.165, 1.54) is 14.2 Å². The van der Waals surface area contributed by atoms with E-state index in [9.17, 15) is 10.1 Å². The summed E-state index contributed by atoms with van der Waals surface area (Å²) in [5.41, 5.74) is 7.38. The zero-order valence-electron chi connectivity index (χ0n) is 15.3. The first-order valence-electron chi connectivity index (χ1n) is 8.54. The second-order valence-corrected chi connectivity index (χ2v) is 6.25. The molecule has 2 aromatic carbocycles. The van der Waals surface area contributed by atoms with Crippen LogP contribution in [0.3, 0.4) is 0 Å². The maximum Gasteiger partial charge on any atom is 0.256 e. The smallest absolute Gasteiger partial charge is 0.256 e. The average molecular weight is 375 g/mol. The first-order chi connectivity index (χ1) is 13.6. The third kappa shape index (κ3) is 2.47. The molecule has 1 aliphatic rings. The lowest BCUT2D eigenvalue weighted by Gasteiger charge is -2.27. The minimum atomic E-state index is -0.757. The van der Waals surface area contributed by atoms with Crippen LogP contribution in [0.25, 0.3) is 10.9 Å². The fraction of sp³-hybridized carbons (Fsp3) is 0.143. The van der Waals surface area contributed by atoms with Gasteiger partial charge in [-0.1, -0.05) is 24.3 Å². The van der Waals surface area contributed by atoms with Gasteiger partial charge in [-0.2, -0.15) is 5.26 Å². The fourth-order valence-corrected chi connectivity index (χ4v) is 3.62. The van der Waals surface area contributed by atoms with Gasteiger partial charge in [0.2, 0.25) is 5.88 Å². The molecule has 0 amide bonds. The highest BCUT2D eigenvalue weighted by atomic mass is 16.5. The van der Waals surface area contributed by atoms with E-state index >= 15 is 0 Å². The Morgan fingerprint density at radius 3 is 2.64 bits per heavy atom. The van der Waals surface area contributed by atoms with Gasteiger partial charge in [-0.05, 0) is 18.2 Å². The largest absolute Gasteiger partial charge is 0.493 e. The van der Waals surface area contributed by atoms with E-state index in [2.05, 4.69) is 11.1 Å². The number of H-pyrrole nitrogens is 1. The van der Waals surface area contributed by atoms with E-state index < -0.39 is 5.92 Å². The number of hydrogen-bond acceptors (Lipinski definition) is 6. The first-order valence-corrected chi connectivity index (χ1v) is 8.54. The van der Waals surface area contributed by atoms with Crippen LogP contribution in [-0.4, -0.2) is 19.2 Å². The summed E-state index contributed by atoms with van der Waals surface area (Å²) in [7, 11) is 3.03. The van der Waals surface area contributed by atoms with Gasteiger partial charge in [0.1, 0.15) is 17.4 Å². The van der Waals surface area contributed by atoms with Gasteiger partial charge in [0, 0.05) is 10.9 Å². The fourth-order valence-electron chi connectivity index (χ4n) is 3.62. The maximum absolute atomic E-state index is 13.0. The Morgan fingerprint density at radius 2 is 1.93 bits per heavy atom. The molecule has 0 unspecified atom stereocenters. The number of pyridine rings is 1. The van der Waals surface area contributed by atoms with Crippen molar-refractivity contribution in [2.24, 2.45) is 5.73 Å². The summed E-state index contributed by atoms with van der Waals surface area (Å²) in [5.74, 6) is 0.454. The summed E-state index contributed by atoms with van der Waals surface area (Å²) in [6.07, 6.45) is 0. The van der Waals surface area contributed by atoms with Gasteiger partial charge < -0.3 is 24.9 Å². The van der Waals surface area contributed by atoms with Crippen molar-refractivity contribution < 1.29 is 14.2 Å². The van der Waals surface area contributed by atoms with E-state index in [1.54, 1.807) is 24.3 Å². The molecule has 0 bridgehead atoms. The monoisotopic (exact) mass is 375 g/mol. The number of nitrogens with one attached hydrogen (secondary N) is 1. The number of fused-ring (bicyclic) bond motifs is 3. The van der Waals surface area contributed by atoms with E-state index in [4.69, 9.17) is 19.9 Å². The van der Waals surface area contributed by atoms with Gasteiger partial charge in [0.15, 0.2) is 11.5 Å². The number of allylic oxidation sites excluding steroid dienone is 1. The Kier molecular flexibility index (Phi) is 4.17. The van der Waals surface area contributed by atoms with Gasteiger partial charge in [-0.15, -0.1) is 0 Å². The summed E-state index contributed by atoms with van der Waals surface area (Å²) in [4.78, 5) is 15.9. The van der Waals surface area contributed by atoms with Gasteiger partial charge in [-0.3, -0.25) is 4.79 Å². The normalized spacial score (nSPS) is 15.5. The van der Waals surface area contributed by atoms with Crippen LogP contribution in [0.2, 0.25) is 0 Å². The van der Waals surface area contributed by atoms with Gasteiger partial charge >= 0.3 is 0 Å². The molecule has 0 aliphatic carbocycles. The molecule has 7 heteroatoms. The Balaban J connectivity index is 2.11. The number of para-hydroxylation sites is 2. The van der Waals surface area contributed by atoms with E-state index in [1.807, 2.05) is 18.2 Å². The standard InChI is InChI=1S/C21H17N3O4/c1-26-15-9-5-7-12(18(15)27-2)16-13(10-22)20(23)28-19-11-6-3-4-8-14(11)24-21(25)17(16)19/h3-9,16H,23H2,1-2H3,(H,24,25)/t16-/m1/s1. The van der Waals surface area contributed by atoms with Crippen molar-refractivity contribution in [3.8, 4) is 23.3 Å². The number of nitriles is 1. The second kappa shape index (κ2) is 6.67. The molecule has 0 saturated heterocycles. The molecule has 0 spiro atoms. The third-order valence-corrected chi connectivity index (χ3v) is 4.83. The van der Waals surface area contributed by atoms with Gasteiger partial charge in [0.25, 0.3) is 5.56 Å². The summed E-state index contributed by atoms with van der Waals surface area (Å²) >= 11 is 0. The molecule has 140 valence electrons. The van der Waals surface area contributed by atoms with Crippen LogP contribution in [0.5, 0.6) is 17.2 Å². The van der Waals surface area contributed by atoms with Crippen LogP contribution in [0, 0.1) is 11.3 Å². The summed E-state index contributed by atoms with van der Waals surface area (Å²) < 4.78 is 16.7.